The summed E-state index contributed by atoms with van der Waals surface area (Å²) in [6.07, 6.45) is -0.268. The highest BCUT2D eigenvalue weighted by atomic mass is 35.5. The van der Waals surface area contributed by atoms with Crippen LogP contribution in [-0.2, 0) is 16.1 Å². The van der Waals surface area contributed by atoms with E-state index in [2.05, 4.69) is 20.4 Å². The molecule has 1 aliphatic rings. The predicted octanol–water partition coefficient (Wildman–Crippen LogP) is 2.95. The number of halogens is 1. The Morgan fingerprint density at radius 3 is 2.48 bits per heavy atom. The summed E-state index contributed by atoms with van der Waals surface area (Å²) in [7, 11) is 0. The molecule has 10 heteroatoms. The van der Waals surface area contributed by atoms with Crippen molar-refractivity contribution in [3.8, 4) is 11.4 Å². The van der Waals surface area contributed by atoms with Crippen LogP contribution in [0.25, 0.3) is 11.4 Å². The van der Waals surface area contributed by atoms with Crippen LogP contribution in [0.5, 0.6) is 0 Å². The van der Waals surface area contributed by atoms with Crippen LogP contribution in [0, 0.1) is 0 Å². The highest BCUT2D eigenvalue weighted by Crippen LogP contribution is 2.19. The molecule has 3 rings (SSSR count). The molecule has 1 aromatic carbocycles. The van der Waals surface area contributed by atoms with Gasteiger partial charge in [-0.05, 0) is 45.0 Å². The summed E-state index contributed by atoms with van der Waals surface area (Å²) in [5.41, 5.74) is 0.285. The minimum atomic E-state index is -0.557. The highest BCUT2D eigenvalue weighted by molar-refractivity contribution is 6.30. The van der Waals surface area contributed by atoms with E-state index in [1.807, 2.05) is 12.1 Å². The van der Waals surface area contributed by atoms with Crippen LogP contribution in [0.15, 0.2) is 28.8 Å². The quantitative estimate of drug-likeness (QED) is 0.723. The standard InChI is InChI=1S/C21H28ClN5O4/c1-21(2,3)30-20(29)23-9-8-18(28)27-12-10-26(11-13-27)14-17-24-19(25-31-17)15-4-6-16(22)7-5-15/h4-7H,8-14H2,1-3H3,(H,23,29). The lowest BCUT2D eigenvalue weighted by molar-refractivity contribution is -0.132. The van der Waals surface area contributed by atoms with E-state index in [1.165, 1.54) is 0 Å². The maximum absolute atomic E-state index is 12.4. The monoisotopic (exact) mass is 449 g/mol. The Morgan fingerprint density at radius 1 is 1.16 bits per heavy atom. The number of rotatable bonds is 6. The molecule has 1 saturated heterocycles. The summed E-state index contributed by atoms with van der Waals surface area (Å²) in [6, 6.07) is 7.26. The van der Waals surface area contributed by atoms with Crippen molar-refractivity contribution in [1.82, 2.24) is 25.3 Å². The Kier molecular flexibility index (Phi) is 7.50. The van der Waals surface area contributed by atoms with Gasteiger partial charge >= 0.3 is 6.09 Å². The molecule has 9 nitrogen and oxygen atoms in total. The number of aromatic nitrogens is 2. The Hall–Kier alpha value is -2.65. The normalized spacial score (nSPS) is 15.0. The van der Waals surface area contributed by atoms with E-state index in [-0.39, 0.29) is 18.9 Å². The first kappa shape index (κ1) is 23.0. The molecule has 168 valence electrons. The topological polar surface area (TPSA) is 101 Å². The van der Waals surface area contributed by atoms with Crippen molar-refractivity contribution < 1.29 is 18.8 Å². The summed E-state index contributed by atoms with van der Waals surface area (Å²) in [6.45, 7) is 8.82. The van der Waals surface area contributed by atoms with Crippen LogP contribution < -0.4 is 5.32 Å². The molecule has 0 saturated carbocycles. The Morgan fingerprint density at radius 2 is 1.84 bits per heavy atom. The molecule has 0 atom stereocenters. The van der Waals surface area contributed by atoms with E-state index >= 15 is 0 Å². The first-order valence-corrected chi connectivity index (χ1v) is 10.6. The fourth-order valence-corrected chi connectivity index (χ4v) is 3.25. The van der Waals surface area contributed by atoms with Crippen LogP contribution >= 0.6 is 11.6 Å². The molecular formula is C21H28ClN5O4. The second kappa shape index (κ2) is 10.1. The lowest BCUT2D eigenvalue weighted by Crippen LogP contribution is -2.48. The molecule has 2 aromatic rings. The Balaban J connectivity index is 1.39. The molecule has 31 heavy (non-hydrogen) atoms. The molecule has 0 unspecified atom stereocenters. The number of carbonyl (C=O) groups is 2. The zero-order valence-corrected chi connectivity index (χ0v) is 18.8. The third-order valence-corrected chi connectivity index (χ3v) is 4.91. The van der Waals surface area contributed by atoms with Crippen molar-refractivity contribution in [3.05, 3.63) is 35.2 Å². The third kappa shape index (κ3) is 7.22. The number of hydrogen-bond donors (Lipinski definition) is 1. The van der Waals surface area contributed by atoms with Crippen molar-refractivity contribution in [1.29, 1.82) is 0 Å². The first-order chi connectivity index (χ1) is 14.7. The number of hydrogen-bond acceptors (Lipinski definition) is 7. The molecule has 1 N–H and O–H groups in total. The zero-order valence-electron chi connectivity index (χ0n) is 18.1. The number of amides is 2. The number of alkyl carbamates (subject to hydrolysis) is 1. The summed E-state index contributed by atoms with van der Waals surface area (Å²) >= 11 is 5.91. The average molecular weight is 450 g/mol. The molecule has 0 radical (unpaired) electrons. The molecule has 2 heterocycles. The SMILES string of the molecule is CC(C)(C)OC(=O)NCCC(=O)N1CCN(Cc2nc(-c3ccc(Cl)cc3)no2)CC1. The van der Waals surface area contributed by atoms with Gasteiger partial charge in [0.1, 0.15) is 5.60 Å². The molecule has 1 fully saturated rings. The van der Waals surface area contributed by atoms with Crippen LogP contribution in [-0.4, -0.2) is 70.3 Å². The molecule has 2 amide bonds. The highest BCUT2D eigenvalue weighted by Gasteiger charge is 2.23. The van der Waals surface area contributed by atoms with Gasteiger partial charge in [-0.15, -0.1) is 0 Å². The van der Waals surface area contributed by atoms with Crippen molar-refractivity contribution in [2.75, 3.05) is 32.7 Å². The maximum Gasteiger partial charge on any atom is 0.407 e. The van der Waals surface area contributed by atoms with Gasteiger partial charge < -0.3 is 19.5 Å². The van der Waals surface area contributed by atoms with Gasteiger partial charge in [-0.25, -0.2) is 4.79 Å². The first-order valence-electron chi connectivity index (χ1n) is 10.2. The number of benzene rings is 1. The summed E-state index contributed by atoms with van der Waals surface area (Å²) in [4.78, 5) is 32.4. The smallest absolute Gasteiger partial charge is 0.407 e. The van der Waals surface area contributed by atoms with Gasteiger partial charge in [0.15, 0.2) is 0 Å². The fourth-order valence-electron chi connectivity index (χ4n) is 3.13. The van der Waals surface area contributed by atoms with E-state index in [4.69, 9.17) is 20.9 Å². The van der Waals surface area contributed by atoms with E-state index in [9.17, 15) is 9.59 Å². The number of ether oxygens (including phenoxy) is 1. The van der Waals surface area contributed by atoms with E-state index < -0.39 is 11.7 Å². The number of nitrogens with one attached hydrogen (secondary N) is 1. The zero-order chi connectivity index (χ0) is 22.4. The van der Waals surface area contributed by atoms with Gasteiger partial charge in [0.25, 0.3) is 0 Å². The molecule has 1 aliphatic heterocycles. The summed E-state index contributed by atoms with van der Waals surface area (Å²) in [5.74, 6) is 1.07. The lowest BCUT2D eigenvalue weighted by atomic mass is 10.2. The summed E-state index contributed by atoms with van der Waals surface area (Å²) in [5, 5.41) is 7.30. The minimum Gasteiger partial charge on any atom is -0.444 e. The molecule has 0 spiro atoms. The fraction of sp³-hybridized carbons (Fsp3) is 0.524. The maximum atomic E-state index is 12.4. The Labute approximate surface area is 186 Å². The predicted molar refractivity (Wildman–Crippen MR) is 115 cm³/mol. The van der Waals surface area contributed by atoms with Gasteiger partial charge in [-0.2, -0.15) is 4.98 Å². The van der Waals surface area contributed by atoms with E-state index in [0.717, 1.165) is 5.56 Å². The van der Waals surface area contributed by atoms with Crippen molar-refractivity contribution in [2.24, 2.45) is 0 Å². The third-order valence-electron chi connectivity index (χ3n) is 4.66. The second-order valence-electron chi connectivity index (χ2n) is 8.35. The largest absolute Gasteiger partial charge is 0.444 e. The average Bonchev–Trinajstić information content (AvgIpc) is 3.16. The molecule has 0 bridgehead atoms. The van der Waals surface area contributed by atoms with Gasteiger partial charge in [-0.1, -0.05) is 16.8 Å². The van der Waals surface area contributed by atoms with Gasteiger partial charge in [0.2, 0.25) is 17.6 Å². The van der Waals surface area contributed by atoms with Crippen LogP contribution in [0.2, 0.25) is 5.02 Å². The van der Waals surface area contributed by atoms with Crippen molar-refractivity contribution >= 4 is 23.6 Å². The summed E-state index contributed by atoms with van der Waals surface area (Å²) < 4.78 is 10.5. The van der Waals surface area contributed by atoms with Gasteiger partial charge in [-0.3, -0.25) is 9.69 Å². The second-order valence-corrected chi connectivity index (χ2v) is 8.79. The molecule has 0 aliphatic carbocycles. The van der Waals surface area contributed by atoms with Crippen LogP contribution in [0.3, 0.4) is 0 Å². The van der Waals surface area contributed by atoms with E-state index in [0.29, 0.717) is 49.5 Å². The van der Waals surface area contributed by atoms with E-state index in [1.54, 1.807) is 37.8 Å². The number of carbonyl (C=O) groups excluding carboxylic acids is 2. The van der Waals surface area contributed by atoms with Crippen LogP contribution in [0.1, 0.15) is 33.1 Å². The number of piperazine rings is 1. The number of nitrogens with zero attached hydrogens (tertiary/aromatic N) is 4. The van der Waals surface area contributed by atoms with Crippen LogP contribution in [0.4, 0.5) is 4.79 Å². The molecule has 1 aromatic heterocycles. The van der Waals surface area contributed by atoms with Gasteiger partial charge in [0, 0.05) is 49.7 Å². The van der Waals surface area contributed by atoms with Gasteiger partial charge in [0.05, 0.1) is 6.54 Å². The van der Waals surface area contributed by atoms with Crippen molar-refractivity contribution in [3.63, 3.8) is 0 Å². The van der Waals surface area contributed by atoms with Crippen molar-refractivity contribution in [2.45, 2.75) is 39.3 Å². The lowest BCUT2D eigenvalue weighted by Gasteiger charge is -2.34. The minimum absolute atomic E-state index is 0.0125. The molecular weight excluding hydrogens is 422 g/mol. The Bertz CT molecular complexity index is 886.